The van der Waals surface area contributed by atoms with E-state index in [-0.39, 0.29) is 52.3 Å². The van der Waals surface area contributed by atoms with E-state index in [2.05, 4.69) is 91.8 Å². The number of nitrogens with one attached hydrogen (secondary N) is 5. The number of hydrogen-bond donors (Lipinski definition) is 5. The summed E-state index contributed by atoms with van der Waals surface area (Å²) >= 11 is 6.83. The summed E-state index contributed by atoms with van der Waals surface area (Å²) in [5, 5.41) is 18.3. The highest BCUT2D eigenvalue weighted by atomic mass is 32.2. The lowest BCUT2D eigenvalue weighted by Gasteiger charge is -2.14. The molecule has 10 aromatic carbocycles. The molecule has 5 N–H and O–H groups in total. The van der Waals surface area contributed by atoms with Gasteiger partial charge in [0.2, 0.25) is 0 Å². The number of imidazole rings is 5. The van der Waals surface area contributed by atoms with Crippen molar-refractivity contribution >= 4 is 227 Å². The first kappa shape index (κ1) is 102. The van der Waals surface area contributed by atoms with E-state index in [0.29, 0.717) is 142 Å². The maximum atomic E-state index is 13.8. The van der Waals surface area contributed by atoms with Crippen LogP contribution in [0.5, 0.6) is 23.0 Å². The molecule has 20 aromatic rings. The molecule has 0 saturated carbocycles. The number of aromatic nitrogens is 15. The number of nitrogens with zero attached hydrogens (tertiary/aromatic N) is 15. The Morgan fingerprint density at radius 1 is 0.371 bits per heavy atom. The molecule has 0 atom stereocenters. The number of rotatable bonds is 24. The molecule has 26 nitrogen and oxygen atoms in total. The zero-order valence-electron chi connectivity index (χ0n) is 79.4. The predicted octanol–water partition coefficient (Wildman–Crippen LogP) is 28.0. The minimum absolute atomic E-state index is 0.00609. The topological polar surface area (TPSA) is 285 Å². The lowest BCUT2D eigenvalue weighted by Crippen LogP contribution is -2.18. The van der Waals surface area contributed by atoms with E-state index >= 15 is 0 Å². The van der Waals surface area contributed by atoms with E-state index < -0.39 is 53.8 Å². The van der Waals surface area contributed by atoms with Crippen molar-refractivity contribution < 1.29 is 84.4 Å². The van der Waals surface area contributed by atoms with Gasteiger partial charge < -0.3 is 68.4 Å². The van der Waals surface area contributed by atoms with Gasteiger partial charge in [-0.05, 0) is 221 Å². The van der Waals surface area contributed by atoms with E-state index in [1.165, 1.54) is 157 Å². The van der Waals surface area contributed by atoms with Crippen molar-refractivity contribution in [3.63, 3.8) is 0 Å². The number of anilines is 10. The molecule has 0 amide bonds. The molecule has 45 heteroatoms. The summed E-state index contributed by atoms with van der Waals surface area (Å²) in [7, 11) is -0.0177. The molecule has 10 heterocycles. The number of benzene rings is 10. The average molecular weight is 2090 g/mol. The van der Waals surface area contributed by atoms with Gasteiger partial charge in [-0.15, -0.1) is 0 Å². The van der Waals surface area contributed by atoms with Gasteiger partial charge in [-0.1, -0.05) is 76.6 Å². The Kier molecular flexibility index (Phi) is 29.5. The molecule has 0 radical (unpaired) electrons. The third-order valence-corrected chi connectivity index (χ3v) is 27.7. The summed E-state index contributed by atoms with van der Waals surface area (Å²) in [6, 6.07) is 40.3. The van der Waals surface area contributed by atoms with Gasteiger partial charge in [0.15, 0.2) is 35.5 Å². The Morgan fingerprint density at radius 3 is 1.04 bits per heavy atom. The number of alkyl halides is 9. The molecule has 0 unspecified atom stereocenters. The SMILES string of the molecule is CC(C)Cc1ccc(F)cc1Nc1nc2c(ccc3ncn(CC(F)(F)F)c32)s1.CCn1c(C)nc2ccc3sc(Nc4cc(F)ccc4OC(C)C)nc3c21.COc1ccc(S(C)(=O)=O)cc1Nc1nc2c(ccc3nc(C)n(CC(F)(F)F)c32)s1.Cc1nc2ccc3sc(Nc4cc(F)ccc4OC(C)C)nc3c2n1C.Cc1nc2ccc3sc(Nc4cc(F)ccc4OC(C)C)nc3c2n1CC(F)(F)F. The fourth-order valence-corrected chi connectivity index (χ4v) is 21.0. The predicted molar refractivity (Wildman–Crippen MR) is 542 cm³/mol. The van der Waals surface area contributed by atoms with Crippen LogP contribution in [-0.4, -0.2) is 131 Å². The van der Waals surface area contributed by atoms with E-state index in [4.69, 9.17) is 28.9 Å². The van der Waals surface area contributed by atoms with Gasteiger partial charge in [-0.2, -0.15) is 39.5 Å². The standard InChI is InChI=1S/C20H18F4N4OS.C20H18F4N4S.C20H21FN4OS.C19H17F3N4O3S2.C19H19FN4OS/c1-10(2)29-15-6-4-12(21)8-14(15)26-19-27-17-16(30-19)7-5-13-18(17)28(11(3)25-13)9-20(22,23)24;1-11(2)7-12-3-4-13(21)8-15(12)26-19-27-17-16(29-19)6-5-14-18(17)28(10-25-14)9-20(22,23)24;1-5-25-12(4)22-14-7-9-17-18(19(14)25)24-20(27-17)23-15-10-13(21)6-8-16(15)26-11(2)3;1-10-23-12-5-7-15-16(17(12)26(10)9-19(20,21)22)25-18(30-15)24-13-8-11(31(3,27)28)4-6-14(13)29-2;1-10(2)25-15-7-5-12(20)9-14(15)22-19-23-17-16(26-19)8-6-13-18(17)24(4)11(3)21-13/h4-8,10H,9H2,1-3H3,(H,26,27);3-6,8,10-11H,7,9H2,1-2H3,(H,26,27);6-11H,5H2,1-4H3,(H,23,24);4-8H,9H2,1-3H3,(H,24,25);5-10H,1-4H3,(H,22,23). The van der Waals surface area contributed by atoms with Crippen LogP contribution in [-0.2, 0) is 49.5 Å². The fourth-order valence-electron chi connectivity index (χ4n) is 16.0. The van der Waals surface area contributed by atoms with E-state index in [1.54, 1.807) is 54.6 Å². The molecule has 20 rings (SSSR count). The Bertz CT molecular complexity index is 8280. The average Bonchev–Trinajstić information content (AvgIpc) is 1.50. The first-order valence-electron chi connectivity index (χ1n) is 44.5. The molecular formula is C98H93F13N20O6S6. The normalized spacial score (nSPS) is 12.1. The van der Waals surface area contributed by atoms with Crippen LogP contribution >= 0.6 is 56.7 Å². The maximum absolute atomic E-state index is 13.8. The van der Waals surface area contributed by atoms with Gasteiger partial charge in [0.25, 0.3) is 0 Å². The van der Waals surface area contributed by atoms with Gasteiger partial charge in [0.05, 0.1) is 138 Å². The van der Waals surface area contributed by atoms with Crippen LogP contribution in [0.4, 0.5) is 111 Å². The molecule has 10 aromatic heterocycles. The minimum atomic E-state index is -4.41. The quantitative estimate of drug-likeness (QED) is 0.0351. The smallest absolute Gasteiger partial charge is 0.406 e. The van der Waals surface area contributed by atoms with Crippen LogP contribution in [0.25, 0.3) is 106 Å². The first-order chi connectivity index (χ1) is 67.6. The van der Waals surface area contributed by atoms with Crippen molar-refractivity contribution in [1.82, 2.24) is 72.7 Å². The molecule has 0 aliphatic carbocycles. The van der Waals surface area contributed by atoms with Crippen LogP contribution in [0, 0.1) is 56.9 Å². The number of thiazole rings is 5. The lowest BCUT2D eigenvalue weighted by atomic mass is 10.0. The molecule has 143 heavy (non-hydrogen) atoms. The second-order valence-corrected chi connectivity index (χ2v) is 41.6. The Labute approximate surface area is 828 Å². The van der Waals surface area contributed by atoms with Crippen LogP contribution in [0.15, 0.2) is 163 Å². The van der Waals surface area contributed by atoms with Gasteiger partial charge >= 0.3 is 18.5 Å². The fraction of sp³-hybridized carbons (Fsp3) is 0.286. The lowest BCUT2D eigenvalue weighted by molar-refractivity contribution is -0.141. The second-order valence-electron chi connectivity index (χ2n) is 34.4. The number of methoxy groups -OCH3 is 1. The molecule has 0 fully saturated rings. The largest absolute Gasteiger partial charge is 0.495 e. The molecule has 0 saturated heterocycles. The number of hydrogen-bond acceptors (Lipinski definition) is 26. The molecule has 748 valence electrons. The van der Waals surface area contributed by atoms with Crippen molar-refractivity contribution in [1.29, 1.82) is 0 Å². The third-order valence-electron chi connectivity index (χ3n) is 21.9. The number of fused-ring (bicyclic) bond motifs is 15. The highest BCUT2D eigenvalue weighted by Gasteiger charge is 2.34. The van der Waals surface area contributed by atoms with Crippen molar-refractivity contribution in [2.75, 3.05) is 39.9 Å². The third kappa shape index (κ3) is 23.6. The van der Waals surface area contributed by atoms with Gasteiger partial charge in [0, 0.05) is 43.7 Å². The Balaban J connectivity index is 0.000000129. The number of aryl methyl sites for hydroxylation is 6. The summed E-state index contributed by atoms with van der Waals surface area (Å²) in [5.41, 5.74) is 12.7. The van der Waals surface area contributed by atoms with Crippen molar-refractivity contribution in [3.8, 4) is 23.0 Å². The van der Waals surface area contributed by atoms with Gasteiger partial charge in [-0.3, -0.25) is 0 Å². The van der Waals surface area contributed by atoms with Crippen LogP contribution in [0.2, 0.25) is 0 Å². The summed E-state index contributed by atoms with van der Waals surface area (Å²) in [4.78, 5) is 44.8. The monoisotopic (exact) mass is 2080 g/mol. The number of ether oxygens (including phenoxy) is 4. The minimum Gasteiger partial charge on any atom is -0.495 e. The molecule has 0 bridgehead atoms. The summed E-state index contributed by atoms with van der Waals surface area (Å²) in [5.74, 6) is 3.38. The van der Waals surface area contributed by atoms with Gasteiger partial charge in [-0.25, -0.2) is 75.8 Å². The summed E-state index contributed by atoms with van der Waals surface area (Å²) < 4.78 is 230. The highest BCUT2D eigenvalue weighted by Crippen LogP contribution is 2.45. The van der Waals surface area contributed by atoms with Crippen molar-refractivity contribution in [2.24, 2.45) is 13.0 Å². The van der Waals surface area contributed by atoms with Crippen molar-refractivity contribution in [3.05, 3.63) is 210 Å². The molecule has 0 aliphatic rings. The molecule has 0 spiro atoms. The Hall–Kier alpha value is -13.8. The molecular weight excluding hydrogens is 1990 g/mol. The van der Waals surface area contributed by atoms with Crippen LogP contribution < -0.4 is 45.5 Å². The maximum Gasteiger partial charge on any atom is 0.406 e. The second kappa shape index (κ2) is 41.3. The Morgan fingerprint density at radius 2 is 0.685 bits per heavy atom. The van der Waals surface area contributed by atoms with Crippen LogP contribution in [0.3, 0.4) is 0 Å². The zero-order chi connectivity index (χ0) is 102. The first-order valence-corrected chi connectivity index (χ1v) is 50.5. The number of sulfone groups is 1. The van der Waals surface area contributed by atoms with Crippen molar-refractivity contribution in [2.45, 2.75) is 164 Å². The van der Waals surface area contributed by atoms with E-state index in [9.17, 15) is 65.5 Å². The number of halogens is 13. The summed E-state index contributed by atoms with van der Waals surface area (Å²) in [6.07, 6.45) is -10.3. The van der Waals surface area contributed by atoms with Gasteiger partial charge in [0.1, 0.15) is 117 Å². The zero-order valence-corrected chi connectivity index (χ0v) is 84.3. The highest BCUT2D eigenvalue weighted by molar-refractivity contribution is 7.90. The van der Waals surface area contributed by atoms with E-state index in [0.717, 1.165) is 97.3 Å². The van der Waals surface area contributed by atoms with Crippen LogP contribution in [0.1, 0.15) is 91.2 Å². The molecule has 0 aliphatic heterocycles. The summed E-state index contributed by atoms with van der Waals surface area (Å²) in [6.45, 7) is 22.1. The van der Waals surface area contributed by atoms with E-state index in [1.807, 2.05) is 91.3 Å².